The van der Waals surface area contributed by atoms with Crippen LogP contribution in [0.4, 0.5) is 0 Å². The molecule has 1 fully saturated rings. The number of hydrogen-bond donors (Lipinski definition) is 0. The van der Waals surface area contributed by atoms with Crippen LogP contribution in [-0.4, -0.2) is 36.1 Å². The third-order valence-corrected chi connectivity index (χ3v) is 4.00. The molecule has 0 unspecified atom stereocenters. The second kappa shape index (κ2) is 5.41. The summed E-state index contributed by atoms with van der Waals surface area (Å²) in [5, 5.41) is 0. The van der Waals surface area contributed by atoms with Gasteiger partial charge in [-0.2, -0.15) is 0 Å². The van der Waals surface area contributed by atoms with Crippen molar-refractivity contribution in [2.24, 2.45) is 0 Å². The Labute approximate surface area is 116 Å². The molecule has 1 heterocycles. The number of nitrogens with zero attached hydrogens (tertiary/aromatic N) is 1. The summed E-state index contributed by atoms with van der Waals surface area (Å²) in [7, 11) is 0. The lowest BCUT2D eigenvalue weighted by molar-refractivity contribution is -0.0586. The number of hydrogen-bond acceptors (Lipinski definition) is 2. The predicted octanol–water partition coefficient (Wildman–Crippen LogP) is 3.01. The number of halogens is 1. The van der Waals surface area contributed by atoms with Gasteiger partial charge in [0.05, 0.1) is 12.2 Å². The van der Waals surface area contributed by atoms with Crippen molar-refractivity contribution in [3.8, 4) is 0 Å². The van der Waals surface area contributed by atoms with Gasteiger partial charge in [-0.1, -0.05) is 15.9 Å². The summed E-state index contributed by atoms with van der Waals surface area (Å²) in [6.45, 7) is 7.33. The van der Waals surface area contributed by atoms with Crippen LogP contribution in [0.25, 0.3) is 0 Å². The number of benzene rings is 1. The highest BCUT2D eigenvalue weighted by Crippen LogP contribution is 2.20. The van der Waals surface area contributed by atoms with Gasteiger partial charge in [0.1, 0.15) is 0 Å². The summed E-state index contributed by atoms with van der Waals surface area (Å²) in [6, 6.07) is 5.72. The minimum Gasteiger partial charge on any atom is -0.372 e. The smallest absolute Gasteiger partial charge is 0.254 e. The minimum atomic E-state index is 0.0904. The molecule has 3 nitrogen and oxygen atoms in total. The minimum absolute atomic E-state index is 0.0904. The quantitative estimate of drug-likeness (QED) is 0.798. The molecule has 1 aromatic carbocycles. The summed E-state index contributed by atoms with van der Waals surface area (Å²) in [4.78, 5) is 14.3. The molecule has 0 aromatic heterocycles. The Morgan fingerprint density at radius 1 is 1.33 bits per heavy atom. The summed E-state index contributed by atoms with van der Waals surface area (Å²) < 4.78 is 6.67. The summed E-state index contributed by atoms with van der Waals surface area (Å²) in [5.41, 5.74) is 1.83. The molecule has 2 rings (SSSR count). The topological polar surface area (TPSA) is 29.5 Å². The first-order valence-corrected chi connectivity index (χ1v) is 6.97. The Morgan fingerprint density at radius 3 is 2.50 bits per heavy atom. The maximum absolute atomic E-state index is 12.4. The van der Waals surface area contributed by atoms with Crippen LogP contribution in [0, 0.1) is 6.92 Å². The molecular formula is C14H18BrNO2. The molecule has 0 N–H and O–H groups in total. The fourth-order valence-electron chi connectivity index (χ4n) is 2.30. The fraction of sp³-hybridized carbons (Fsp3) is 0.500. The van der Waals surface area contributed by atoms with E-state index in [1.165, 1.54) is 0 Å². The zero-order valence-corrected chi connectivity index (χ0v) is 12.5. The van der Waals surface area contributed by atoms with Gasteiger partial charge < -0.3 is 9.64 Å². The summed E-state index contributed by atoms with van der Waals surface area (Å²) in [5.74, 6) is 0.0904. The monoisotopic (exact) mass is 311 g/mol. The lowest BCUT2D eigenvalue weighted by Gasteiger charge is -2.35. The maximum atomic E-state index is 12.4. The largest absolute Gasteiger partial charge is 0.372 e. The van der Waals surface area contributed by atoms with Gasteiger partial charge in [-0.25, -0.2) is 0 Å². The molecule has 0 radical (unpaired) electrons. The standard InChI is InChI=1S/C14H18BrNO2/c1-9-6-12(4-5-13(9)15)14(17)16-7-10(2)18-11(3)8-16/h4-6,10-11H,7-8H2,1-3H3/t10-,11+. The van der Waals surface area contributed by atoms with Crippen molar-refractivity contribution in [1.29, 1.82) is 0 Å². The molecule has 1 amide bonds. The number of ether oxygens (including phenoxy) is 1. The van der Waals surface area contributed by atoms with Crippen molar-refractivity contribution < 1.29 is 9.53 Å². The van der Waals surface area contributed by atoms with Crippen LogP contribution >= 0.6 is 15.9 Å². The molecule has 1 aliphatic rings. The highest BCUT2D eigenvalue weighted by atomic mass is 79.9. The maximum Gasteiger partial charge on any atom is 0.254 e. The Balaban J connectivity index is 2.17. The second-order valence-electron chi connectivity index (χ2n) is 4.93. The predicted molar refractivity (Wildman–Crippen MR) is 74.8 cm³/mol. The van der Waals surface area contributed by atoms with Crippen molar-refractivity contribution in [3.05, 3.63) is 33.8 Å². The molecule has 0 aliphatic carbocycles. The number of carbonyl (C=O) groups is 1. The van der Waals surface area contributed by atoms with Crippen LogP contribution in [0.3, 0.4) is 0 Å². The Hall–Kier alpha value is -0.870. The number of morpholine rings is 1. The third-order valence-electron chi connectivity index (χ3n) is 3.11. The van der Waals surface area contributed by atoms with Gasteiger partial charge in [0.2, 0.25) is 0 Å². The van der Waals surface area contributed by atoms with E-state index in [4.69, 9.17) is 4.74 Å². The van der Waals surface area contributed by atoms with Crippen LogP contribution in [-0.2, 0) is 4.74 Å². The average Bonchev–Trinajstić information content (AvgIpc) is 2.30. The van der Waals surface area contributed by atoms with Crippen molar-refractivity contribution in [1.82, 2.24) is 4.90 Å². The van der Waals surface area contributed by atoms with E-state index in [0.717, 1.165) is 15.6 Å². The van der Waals surface area contributed by atoms with Crippen LogP contribution in [0.5, 0.6) is 0 Å². The first kappa shape index (κ1) is 13.6. The van der Waals surface area contributed by atoms with Crippen molar-refractivity contribution in [2.45, 2.75) is 33.0 Å². The van der Waals surface area contributed by atoms with Crippen LogP contribution < -0.4 is 0 Å². The molecule has 0 saturated carbocycles. The molecule has 2 atom stereocenters. The zero-order valence-electron chi connectivity index (χ0n) is 10.9. The van der Waals surface area contributed by atoms with E-state index in [9.17, 15) is 4.79 Å². The normalized spacial score (nSPS) is 24.1. The van der Waals surface area contributed by atoms with Gasteiger partial charge in [0.25, 0.3) is 5.91 Å². The molecule has 0 bridgehead atoms. The molecule has 1 aromatic rings. The molecule has 1 aliphatic heterocycles. The van der Waals surface area contributed by atoms with E-state index < -0.39 is 0 Å². The number of amides is 1. The van der Waals surface area contributed by atoms with Crippen molar-refractivity contribution >= 4 is 21.8 Å². The molecule has 1 saturated heterocycles. The molecule has 0 spiro atoms. The van der Waals surface area contributed by atoms with E-state index in [1.54, 1.807) is 0 Å². The average molecular weight is 312 g/mol. The van der Waals surface area contributed by atoms with Crippen molar-refractivity contribution in [3.63, 3.8) is 0 Å². The van der Waals surface area contributed by atoms with Gasteiger partial charge in [0, 0.05) is 23.1 Å². The number of rotatable bonds is 1. The van der Waals surface area contributed by atoms with E-state index >= 15 is 0 Å². The SMILES string of the molecule is Cc1cc(C(=O)N2C[C@@H](C)O[C@@H](C)C2)ccc1Br. The number of carbonyl (C=O) groups excluding carboxylic acids is 1. The zero-order chi connectivity index (χ0) is 13.3. The Kier molecular flexibility index (Phi) is 4.07. The first-order valence-electron chi connectivity index (χ1n) is 6.18. The van der Waals surface area contributed by atoms with Crippen molar-refractivity contribution in [2.75, 3.05) is 13.1 Å². The van der Waals surface area contributed by atoms with Gasteiger partial charge in [0.15, 0.2) is 0 Å². The first-order chi connectivity index (χ1) is 8.47. The van der Waals surface area contributed by atoms with E-state index in [2.05, 4.69) is 15.9 Å². The third kappa shape index (κ3) is 2.93. The second-order valence-corrected chi connectivity index (χ2v) is 5.79. The van der Waals surface area contributed by atoms with Gasteiger partial charge in [-0.05, 0) is 44.5 Å². The number of aryl methyl sites for hydroxylation is 1. The Bertz CT molecular complexity index is 451. The van der Waals surface area contributed by atoms with E-state index in [0.29, 0.717) is 13.1 Å². The van der Waals surface area contributed by atoms with E-state index in [-0.39, 0.29) is 18.1 Å². The van der Waals surface area contributed by atoms with Gasteiger partial charge >= 0.3 is 0 Å². The summed E-state index contributed by atoms with van der Waals surface area (Å²) in [6.07, 6.45) is 0.212. The molecule has 98 valence electrons. The lowest BCUT2D eigenvalue weighted by atomic mass is 10.1. The lowest BCUT2D eigenvalue weighted by Crippen LogP contribution is -2.48. The fourth-order valence-corrected chi connectivity index (χ4v) is 2.55. The van der Waals surface area contributed by atoms with Crippen LogP contribution in [0.15, 0.2) is 22.7 Å². The molecule has 4 heteroatoms. The van der Waals surface area contributed by atoms with E-state index in [1.807, 2.05) is 43.9 Å². The van der Waals surface area contributed by atoms with Gasteiger partial charge in [-0.3, -0.25) is 4.79 Å². The Morgan fingerprint density at radius 2 is 1.94 bits per heavy atom. The molecule has 18 heavy (non-hydrogen) atoms. The highest BCUT2D eigenvalue weighted by molar-refractivity contribution is 9.10. The van der Waals surface area contributed by atoms with Crippen LogP contribution in [0.2, 0.25) is 0 Å². The molecular weight excluding hydrogens is 294 g/mol. The van der Waals surface area contributed by atoms with Crippen LogP contribution in [0.1, 0.15) is 29.8 Å². The highest BCUT2D eigenvalue weighted by Gasteiger charge is 2.26. The van der Waals surface area contributed by atoms with Gasteiger partial charge in [-0.15, -0.1) is 0 Å². The summed E-state index contributed by atoms with van der Waals surface area (Å²) >= 11 is 3.45.